The molecule has 1 aromatic carbocycles. The molecule has 0 amide bonds. The van der Waals surface area contributed by atoms with E-state index in [1.165, 1.54) is 0 Å². The van der Waals surface area contributed by atoms with E-state index in [1.807, 2.05) is 19.2 Å². The fourth-order valence-corrected chi connectivity index (χ4v) is 2.23. The maximum atomic E-state index is 6.02. The Bertz CT molecular complexity index is 770. The van der Waals surface area contributed by atoms with Crippen LogP contribution in [0.2, 0.25) is 5.02 Å². The molecule has 2 heterocycles. The zero-order valence-electron chi connectivity index (χ0n) is 10.9. The van der Waals surface area contributed by atoms with Gasteiger partial charge in [0.05, 0.1) is 0 Å². The molecular weight excluding hydrogens is 278 g/mol. The van der Waals surface area contributed by atoms with E-state index in [-0.39, 0.29) is 5.95 Å². The molecule has 0 radical (unpaired) electrons. The van der Waals surface area contributed by atoms with Gasteiger partial charge in [-0.05, 0) is 25.2 Å². The third-order valence-corrected chi connectivity index (χ3v) is 3.19. The molecule has 0 bridgehead atoms. The van der Waals surface area contributed by atoms with Gasteiger partial charge in [-0.25, -0.2) is 4.98 Å². The summed E-state index contributed by atoms with van der Waals surface area (Å²) in [5.74, 6) is 0.794. The molecule has 3 rings (SSSR count). The van der Waals surface area contributed by atoms with Crippen molar-refractivity contribution in [1.82, 2.24) is 15.3 Å². The van der Waals surface area contributed by atoms with E-state index >= 15 is 0 Å². The third kappa shape index (κ3) is 2.23. The van der Waals surface area contributed by atoms with Gasteiger partial charge < -0.3 is 20.8 Å². The largest absolute Gasteiger partial charge is 0.450 e. The minimum atomic E-state index is 0.201. The van der Waals surface area contributed by atoms with E-state index in [9.17, 15) is 0 Å². The molecule has 0 aliphatic heterocycles. The first-order valence-corrected chi connectivity index (χ1v) is 6.60. The van der Waals surface area contributed by atoms with Gasteiger partial charge in [-0.3, -0.25) is 0 Å². The number of nitrogen functional groups attached to an aromatic ring is 1. The molecule has 0 atom stereocenters. The number of hydrogen-bond acceptors (Lipinski definition) is 6. The normalized spacial score (nSPS) is 11.3. The number of nitrogens with one attached hydrogen (secondary N) is 2. The molecule has 4 N–H and O–H groups in total. The average Bonchev–Trinajstić information content (AvgIpc) is 2.77. The van der Waals surface area contributed by atoms with Crippen LogP contribution in [-0.2, 0) is 0 Å². The molecule has 104 valence electrons. The molecule has 0 saturated heterocycles. The second-order valence-electron chi connectivity index (χ2n) is 4.38. The zero-order valence-corrected chi connectivity index (χ0v) is 11.7. The van der Waals surface area contributed by atoms with Crippen molar-refractivity contribution < 1.29 is 4.42 Å². The first-order chi connectivity index (χ1) is 9.69. The molecule has 7 heteroatoms. The zero-order chi connectivity index (χ0) is 14.1. The summed E-state index contributed by atoms with van der Waals surface area (Å²) in [4.78, 5) is 8.44. The van der Waals surface area contributed by atoms with Crippen LogP contribution >= 0.6 is 11.6 Å². The van der Waals surface area contributed by atoms with Crippen molar-refractivity contribution >= 4 is 45.4 Å². The molecular formula is C13H14ClN5O. The number of nitrogens with zero attached hydrogens (tertiary/aromatic N) is 2. The van der Waals surface area contributed by atoms with Gasteiger partial charge in [-0.15, -0.1) is 0 Å². The van der Waals surface area contributed by atoms with Crippen LogP contribution in [0.4, 0.5) is 11.8 Å². The molecule has 0 unspecified atom stereocenters. The highest BCUT2D eigenvalue weighted by Gasteiger charge is 2.14. The molecule has 0 aliphatic rings. The first kappa shape index (κ1) is 13.0. The number of likely N-dealkylation sites (N-methyl/N-ethyl adjacent to an activating group) is 1. The Balaban J connectivity index is 2.17. The van der Waals surface area contributed by atoms with E-state index in [2.05, 4.69) is 20.6 Å². The van der Waals surface area contributed by atoms with Crippen LogP contribution in [0.3, 0.4) is 0 Å². The Labute approximate surface area is 120 Å². The van der Waals surface area contributed by atoms with Crippen LogP contribution in [0.5, 0.6) is 0 Å². The van der Waals surface area contributed by atoms with E-state index in [0.29, 0.717) is 34.1 Å². The minimum Gasteiger partial charge on any atom is -0.450 e. The van der Waals surface area contributed by atoms with Crippen molar-refractivity contribution in [1.29, 1.82) is 0 Å². The van der Waals surface area contributed by atoms with Gasteiger partial charge in [0.1, 0.15) is 11.1 Å². The van der Waals surface area contributed by atoms with Gasteiger partial charge >= 0.3 is 0 Å². The van der Waals surface area contributed by atoms with Crippen LogP contribution in [-0.4, -0.2) is 30.1 Å². The van der Waals surface area contributed by atoms with Crippen molar-refractivity contribution in [3.8, 4) is 0 Å². The van der Waals surface area contributed by atoms with Gasteiger partial charge in [-0.2, -0.15) is 4.98 Å². The van der Waals surface area contributed by atoms with Crippen molar-refractivity contribution in [2.75, 3.05) is 31.2 Å². The fourth-order valence-electron chi connectivity index (χ4n) is 2.06. The van der Waals surface area contributed by atoms with Crippen LogP contribution in [0.15, 0.2) is 22.6 Å². The van der Waals surface area contributed by atoms with Crippen molar-refractivity contribution in [2.24, 2.45) is 0 Å². The lowest BCUT2D eigenvalue weighted by Gasteiger charge is -2.05. The maximum absolute atomic E-state index is 6.02. The van der Waals surface area contributed by atoms with Gasteiger partial charge in [0.25, 0.3) is 0 Å². The van der Waals surface area contributed by atoms with E-state index in [0.717, 1.165) is 11.9 Å². The van der Waals surface area contributed by atoms with Gasteiger partial charge in [0.2, 0.25) is 5.95 Å². The van der Waals surface area contributed by atoms with Crippen molar-refractivity contribution in [3.63, 3.8) is 0 Å². The number of aromatic nitrogens is 2. The van der Waals surface area contributed by atoms with Gasteiger partial charge in [0.15, 0.2) is 11.4 Å². The summed E-state index contributed by atoms with van der Waals surface area (Å²) in [6, 6.07) is 5.40. The summed E-state index contributed by atoms with van der Waals surface area (Å²) in [5.41, 5.74) is 7.73. The smallest absolute Gasteiger partial charge is 0.222 e. The Morgan fingerprint density at radius 1 is 1.30 bits per heavy atom. The fraction of sp³-hybridized carbons (Fsp3) is 0.231. The average molecular weight is 292 g/mol. The molecule has 2 aromatic heterocycles. The van der Waals surface area contributed by atoms with Gasteiger partial charge in [-0.1, -0.05) is 11.6 Å². The highest BCUT2D eigenvalue weighted by atomic mass is 35.5. The standard InChI is InChI=1S/C13H14ClN5O/c1-16-4-5-17-12-11-10(18-13(15)19-12)8-6-7(14)2-3-9(8)20-11/h2-3,6,16H,4-5H2,1H3,(H3,15,17,18,19). The molecule has 0 spiro atoms. The lowest BCUT2D eigenvalue weighted by atomic mass is 10.2. The van der Waals surface area contributed by atoms with E-state index in [1.54, 1.807) is 6.07 Å². The maximum Gasteiger partial charge on any atom is 0.222 e. The van der Waals surface area contributed by atoms with Crippen LogP contribution in [0, 0.1) is 0 Å². The van der Waals surface area contributed by atoms with E-state index < -0.39 is 0 Å². The lowest BCUT2D eigenvalue weighted by molar-refractivity contribution is 0.666. The summed E-state index contributed by atoms with van der Waals surface area (Å²) in [6.45, 7) is 1.51. The van der Waals surface area contributed by atoms with Crippen molar-refractivity contribution in [2.45, 2.75) is 0 Å². The molecule has 20 heavy (non-hydrogen) atoms. The number of halogens is 1. The Hall–Kier alpha value is -2.05. The molecule has 0 saturated carbocycles. The monoisotopic (exact) mass is 291 g/mol. The summed E-state index contributed by atoms with van der Waals surface area (Å²) in [7, 11) is 1.88. The molecule has 6 nitrogen and oxygen atoms in total. The minimum absolute atomic E-state index is 0.201. The lowest BCUT2D eigenvalue weighted by Crippen LogP contribution is -2.18. The highest BCUT2D eigenvalue weighted by molar-refractivity contribution is 6.31. The second kappa shape index (κ2) is 5.15. The molecule has 0 aliphatic carbocycles. The quantitative estimate of drug-likeness (QED) is 0.639. The summed E-state index contributed by atoms with van der Waals surface area (Å²) in [6.07, 6.45) is 0. The second-order valence-corrected chi connectivity index (χ2v) is 4.82. The van der Waals surface area contributed by atoms with Crippen LogP contribution < -0.4 is 16.4 Å². The predicted octanol–water partition coefficient (Wildman–Crippen LogP) is 2.24. The van der Waals surface area contributed by atoms with Crippen molar-refractivity contribution in [3.05, 3.63) is 23.2 Å². The summed E-state index contributed by atoms with van der Waals surface area (Å²) < 4.78 is 5.80. The topological polar surface area (TPSA) is 89.0 Å². The predicted molar refractivity (Wildman–Crippen MR) is 81.1 cm³/mol. The number of fused-ring (bicyclic) bond motifs is 3. The van der Waals surface area contributed by atoms with Crippen LogP contribution in [0.1, 0.15) is 0 Å². The number of benzene rings is 1. The summed E-state index contributed by atoms with van der Waals surface area (Å²) >= 11 is 6.02. The van der Waals surface area contributed by atoms with E-state index in [4.69, 9.17) is 21.8 Å². The number of anilines is 2. The summed E-state index contributed by atoms with van der Waals surface area (Å²) in [5, 5.41) is 7.69. The Morgan fingerprint density at radius 3 is 2.95 bits per heavy atom. The third-order valence-electron chi connectivity index (χ3n) is 2.96. The van der Waals surface area contributed by atoms with Gasteiger partial charge in [0, 0.05) is 23.5 Å². The molecule has 0 fully saturated rings. The SMILES string of the molecule is CNCCNc1nc(N)nc2c1oc1ccc(Cl)cc12. The number of nitrogens with two attached hydrogens (primary N) is 1. The number of furan rings is 1. The number of rotatable bonds is 4. The first-order valence-electron chi connectivity index (χ1n) is 6.23. The van der Waals surface area contributed by atoms with Crippen LogP contribution in [0.25, 0.3) is 22.1 Å². The number of hydrogen-bond donors (Lipinski definition) is 3. The highest BCUT2D eigenvalue weighted by Crippen LogP contribution is 2.33. The molecule has 3 aromatic rings. The Morgan fingerprint density at radius 2 is 2.15 bits per heavy atom. The Kier molecular flexibility index (Phi) is 3.33.